The number of fused-ring (bicyclic) bond motifs is 1. The van der Waals surface area contributed by atoms with Crippen LogP contribution >= 0.6 is 0 Å². The minimum Gasteiger partial charge on any atom is -0.361 e. The molecule has 3 N–H and O–H groups in total. The minimum atomic E-state index is -3.86. The Morgan fingerprint density at radius 1 is 1.15 bits per heavy atom. The number of aromatic amines is 1. The SMILES string of the molecule is O=C(NO)C1CN(CC2CC2)CCN1S(=O)(=O)N1CCC(c2c[nH]c3cc(F)ccc23)CC1. The Kier molecular flexibility index (Phi) is 6.17. The van der Waals surface area contributed by atoms with Crippen LogP contribution in [0, 0.1) is 11.7 Å². The van der Waals surface area contributed by atoms with Crippen molar-refractivity contribution in [3.05, 3.63) is 35.8 Å². The highest BCUT2D eigenvalue weighted by Gasteiger charge is 2.43. The van der Waals surface area contributed by atoms with E-state index in [1.165, 1.54) is 33.6 Å². The number of H-pyrrole nitrogens is 1. The fourth-order valence-corrected chi connectivity index (χ4v) is 6.99. The topological polar surface area (TPSA) is 109 Å². The normalized spacial score (nSPS) is 24.4. The number of piperidine rings is 1. The van der Waals surface area contributed by atoms with Crippen molar-refractivity contribution in [2.75, 3.05) is 39.3 Å². The average molecular weight is 480 g/mol. The van der Waals surface area contributed by atoms with Gasteiger partial charge in [0.15, 0.2) is 0 Å². The standard InChI is InChI=1S/C22H30FN5O4S/c23-17-3-4-18-19(12-24-20(18)11-17)16-5-7-27(8-6-16)33(31,32)28-10-9-26(13-15-1-2-15)14-21(28)22(29)25-30/h3-4,11-12,15-16,21,24,30H,1-2,5-10,13-14H2,(H,25,29). The molecule has 1 saturated carbocycles. The van der Waals surface area contributed by atoms with E-state index in [-0.39, 0.29) is 24.8 Å². The third-order valence-corrected chi connectivity index (χ3v) is 9.28. The van der Waals surface area contributed by atoms with Crippen molar-refractivity contribution < 1.29 is 22.8 Å². The van der Waals surface area contributed by atoms with Gasteiger partial charge in [0.25, 0.3) is 16.1 Å². The Morgan fingerprint density at radius 2 is 1.91 bits per heavy atom. The number of hydroxylamine groups is 1. The van der Waals surface area contributed by atoms with Crippen molar-refractivity contribution in [3.63, 3.8) is 0 Å². The van der Waals surface area contributed by atoms with Gasteiger partial charge in [0, 0.05) is 56.4 Å². The molecule has 2 aromatic rings. The molecule has 180 valence electrons. The van der Waals surface area contributed by atoms with E-state index in [2.05, 4.69) is 9.88 Å². The van der Waals surface area contributed by atoms with Gasteiger partial charge in [0.05, 0.1) is 0 Å². The summed E-state index contributed by atoms with van der Waals surface area (Å²) >= 11 is 0. The van der Waals surface area contributed by atoms with E-state index in [1.54, 1.807) is 11.5 Å². The molecule has 1 atom stereocenters. The monoisotopic (exact) mass is 479 g/mol. The largest absolute Gasteiger partial charge is 0.361 e. The van der Waals surface area contributed by atoms with Crippen LogP contribution in [0.2, 0.25) is 0 Å². The molecule has 1 amide bonds. The number of amides is 1. The van der Waals surface area contributed by atoms with E-state index < -0.39 is 22.2 Å². The second kappa shape index (κ2) is 8.95. The maximum atomic E-state index is 13.5. The lowest BCUT2D eigenvalue weighted by atomic mass is 9.90. The summed E-state index contributed by atoms with van der Waals surface area (Å²) in [6, 6.07) is 3.72. The number of nitrogens with zero attached hydrogens (tertiary/aromatic N) is 3. The van der Waals surface area contributed by atoms with E-state index >= 15 is 0 Å². The fraction of sp³-hybridized carbons (Fsp3) is 0.591. The third-order valence-electron chi connectivity index (χ3n) is 7.23. The summed E-state index contributed by atoms with van der Waals surface area (Å²) in [7, 11) is -3.86. The highest BCUT2D eigenvalue weighted by atomic mass is 32.2. The van der Waals surface area contributed by atoms with Crippen LogP contribution in [0.15, 0.2) is 24.4 Å². The van der Waals surface area contributed by atoms with Crippen molar-refractivity contribution >= 4 is 27.0 Å². The minimum absolute atomic E-state index is 0.169. The first-order chi connectivity index (χ1) is 15.9. The molecule has 9 nitrogen and oxygen atoms in total. The van der Waals surface area contributed by atoms with Gasteiger partial charge in [-0.3, -0.25) is 14.9 Å². The van der Waals surface area contributed by atoms with Crippen molar-refractivity contribution in [2.24, 2.45) is 5.92 Å². The van der Waals surface area contributed by atoms with Gasteiger partial charge in [-0.15, -0.1) is 0 Å². The average Bonchev–Trinajstić information content (AvgIpc) is 3.54. The second-order valence-corrected chi connectivity index (χ2v) is 11.3. The molecule has 2 saturated heterocycles. The Balaban J connectivity index is 1.28. The maximum Gasteiger partial charge on any atom is 0.282 e. The summed E-state index contributed by atoms with van der Waals surface area (Å²) < 4.78 is 43.2. The molecule has 11 heteroatoms. The number of hydrogen-bond acceptors (Lipinski definition) is 5. The molecule has 1 aromatic carbocycles. The number of benzene rings is 1. The van der Waals surface area contributed by atoms with Crippen LogP contribution in [0.1, 0.15) is 37.2 Å². The van der Waals surface area contributed by atoms with Crippen LogP contribution in [0.25, 0.3) is 10.9 Å². The molecule has 0 spiro atoms. The van der Waals surface area contributed by atoms with Crippen molar-refractivity contribution in [3.8, 4) is 0 Å². The molecule has 3 heterocycles. The summed E-state index contributed by atoms with van der Waals surface area (Å²) in [5, 5.41) is 10.2. The predicted octanol–water partition coefficient (Wildman–Crippen LogP) is 1.63. The van der Waals surface area contributed by atoms with Crippen LogP contribution < -0.4 is 5.48 Å². The highest BCUT2D eigenvalue weighted by Crippen LogP contribution is 2.35. The Bertz CT molecular complexity index is 1130. The smallest absolute Gasteiger partial charge is 0.282 e. The number of halogens is 1. The van der Waals surface area contributed by atoms with Gasteiger partial charge in [0.2, 0.25) is 0 Å². The van der Waals surface area contributed by atoms with Gasteiger partial charge < -0.3 is 4.98 Å². The number of carbonyl (C=O) groups excluding carboxylic acids is 1. The van der Waals surface area contributed by atoms with Crippen molar-refractivity contribution in [2.45, 2.75) is 37.6 Å². The van der Waals surface area contributed by atoms with Gasteiger partial charge in [-0.2, -0.15) is 17.0 Å². The third kappa shape index (κ3) is 4.52. The molecule has 33 heavy (non-hydrogen) atoms. The van der Waals surface area contributed by atoms with Crippen LogP contribution in [-0.4, -0.2) is 83.3 Å². The first-order valence-corrected chi connectivity index (χ1v) is 13.0. The number of rotatable bonds is 6. The first kappa shape index (κ1) is 22.7. The lowest BCUT2D eigenvalue weighted by Crippen LogP contribution is -2.63. The predicted molar refractivity (Wildman–Crippen MR) is 120 cm³/mol. The molecule has 3 aliphatic rings. The summed E-state index contributed by atoms with van der Waals surface area (Å²) in [6.45, 7) is 2.63. The summed E-state index contributed by atoms with van der Waals surface area (Å²) in [6.07, 6.45) is 5.52. The van der Waals surface area contributed by atoms with Gasteiger partial charge in [-0.25, -0.2) is 9.87 Å². The Hall–Kier alpha value is -2.05. The summed E-state index contributed by atoms with van der Waals surface area (Å²) in [4.78, 5) is 17.6. The van der Waals surface area contributed by atoms with Crippen LogP contribution in [0.3, 0.4) is 0 Å². The van der Waals surface area contributed by atoms with E-state index in [0.717, 1.165) is 23.0 Å². The number of nitrogens with one attached hydrogen (secondary N) is 2. The Labute approximate surface area is 192 Å². The number of hydrogen-bond donors (Lipinski definition) is 3. The van der Waals surface area contributed by atoms with E-state index in [1.807, 2.05) is 6.20 Å². The van der Waals surface area contributed by atoms with Gasteiger partial charge in [-0.1, -0.05) is 0 Å². The van der Waals surface area contributed by atoms with E-state index in [4.69, 9.17) is 0 Å². The van der Waals surface area contributed by atoms with Crippen LogP contribution in [0.5, 0.6) is 0 Å². The zero-order chi connectivity index (χ0) is 23.2. The Morgan fingerprint density at radius 3 is 2.61 bits per heavy atom. The molecule has 0 bridgehead atoms. The summed E-state index contributed by atoms with van der Waals surface area (Å²) in [5.74, 6) is -0.191. The zero-order valence-electron chi connectivity index (χ0n) is 18.4. The zero-order valence-corrected chi connectivity index (χ0v) is 19.2. The van der Waals surface area contributed by atoms with Crippen molar-refractivity contribution in [1.82, 2.24) is 24.0 Å². The van der Waals surface area contributed by atoms with Gasteiger partial charge >= 0.3 is 0 Å². The lowest BCUT2D eigenvalue weighted by Gasteiger charge is -2.42. The molecule has 1 unspecified atom stereocenters. The summed E-state index contributed by atoms with van der Waals surface area (Å²) in [5.41, 5.74) is 3.47. The van der Waals surface area contributed by atoms with E-state index in [0.29, 0.717) is 38.4 Å². The molecule has 1 aliphatic carbocycles. The van der Waals surface area contributed by atoms with Gasteiger partial charge in [0.1, 0.15) is 11.9 Å². The van der Waals surface area contributed by atoms with Gasteiger partial charge in [-0.05, 0) is 61.3 Å². The van der Waals surface area contributed by atoms with Crippen LogP contribution in [-0.2, 0) is 15.0 Å². The molecule has 1 aromatic heterocycles. The molecule has 5 rings (SSSR count). The fourth-order valence-electron chi connectivity index (χ4n) is 5.22. The highest BCUT2D eigenvalue weighted by molar-refractivity contribution is 7.86. The lowest BCUT2D eigenvalue weighted by molar-refractivity contribution is -0.135. The molecule has 3 fully saturated rings. The first-order valence-electron chi connectivity index (χ1n) is 11.6. The van der Waals surface area contributed by atoms with Crippen molar-refractivity contribution in [1.29, 1.82) is 0 Å². The number of carbonyl (C=O) groups is 1. The number of piperazine rings is 1. The molecular weight excluding hydrogens is 449 g/mol. The quantitative estimate of drug-likeness (QED) is 0.431. The van der Waals surface area contributed by atoms with Crippen LogP contribution in [0.4, 0.5) is 4.39 Å². The molecule has 0 radical (unpaired) electrons. The maximum absolute atomic E-state index is 13.5. The molecular formula is C22H30FN5O4S. The van der Waals surface area contributed by atoms with E-state index in [9.17, 15) is 22.8 Å². The second-order valence-electron chi connectivity index (χ2n) is 9.42. The number of aromatic nitrogens is 1. The molecule has 2 aliphatic heterocycles.